The second-order valence-electron chi connectivity index (χ2n) is 3.15. The van der Waals surface area contributed by atoms with Gasteiger partial charge in [-0.1, -0.05) is 0 Å². The smallest absolute Gasteiger partial charge is 0.322 e. The molecule has 0 fully saturated rings. The van der Waals surface area contributed by atoms with Crippen molar-refractivity contribution in [1.29, 1.82) is 0 Å². The predicted molar refractivity (Wildman–Crippen MR) is 65.1 cm³/mol. The predicted octanol–water partition coefficient (Wildman–Crippen LogP) is 0.854. The van der Waals surface area contributed by atoms with Crippen LogP contribution in [0.15, 0.2) is 16.6 Å². The monoisotopic (exact) mass is 302 g/mol. The highest BCUT2D eigenvalue weighted by Crippen LogP contribution is 2.28. The molecule has 1 aromatic rings. The van der Waals surface area contributed by atoms with Crippen molar-refractivity contribution in [3.63, 3.8) is 0 Å². The molecule has 7 heteroatoms. The minimum Gasteiger partial charge on any atom is -0.496 e. The number of carboxylic acid groups (broad SMARTS) is 1. The maximum absolute atomic E-state index is 11.7. The highest BCUT2D eigenvalue weighted by molar-refractivity contribution is 9.10. The zero-order chi connectivity index (χ0) is 13.0. The quantitative estimate of drug-likeness (QED) is 0.716. The van der Waals surface area contributed by atoms with Gasteiger partial charge in [0.25, 0.3) is 5.91 Å². The molecular formula is C10H11BrN2O4. The van der Waals surface area contributed by atoms with Crippen molar-refractivity contribution in [2.75, 3.05) is 19.4 Å². The Kier molecular flexibility index (Phi) is 4.33. The maximum atomic E-state index is 11.7. The highest BCUT2D eigenvalue weighted by Gasteiger charge is 2.15. The Bertz CT molecular complexity index is 462. The molecular weight excluding hydrogens is 292 g/mol. The Labute approximate surface area is 106 Å². The van der Waals surface area contributed by atoms with Gasteiger partial charge in [-0.3, -0.25) is 9.59 Å². The van der Waals surface area contributed by atoms with Gasteiger partial charge in [0, 0.05) is 16.2 Å². The number of rotatable bonds is 4. The minimum atomic E-state index is -1.12. The fourth-order valence-corrected chi connectivity index (χ4v) is 1.51. The standard InChI is InChI=1S/C10H11BrN2O4/c1-17-8-3-7(12)6(11)2-5(8)10(16)13-4-9(14)15/h2-3H,4,12H2,1H3,(H,13,16)(H,14,15). The summed E-state index contributed by atoms with van der Waals surface area (Å²) in [6.07, 6.45) is 0. The number of nitrogen functional groups attached to an aromatic ring is 1. The minimum absolute atomic E-state index is 0.217. The van der Waals surface area contributed by atoms with Gasteiger partial charge in [-0.05, 0) is 22.0 Å². The molecule has 0 aliphatic carbocycles. The second kappa shape index (κ2) is 5.53. The molecule has 0 saturated carbocycles. The Hall–Kier alpha value is -1.76. The first-order valence-corrected chi connectivity index (χ1v) is 5.38. The number of methoxy groups -OCH3 is 1. The van der Waals surface area contributed by atoms with Gasteiger partial charge in [0.2, 0.25) is 0 Å². The number of nitrogens with two attached hydrogens (primary N) is 1. The molecule has 0 aliphatic rings. The summed E-state index contributed by atoms with van der Waals surface area (Å²) in [6, 6.07) is 2.96. The summed E-state index contributed by atoms with van der Waals surface area (Å²) in [5, 5.41) is 10.7. The molecule has 4 N–H and O–H groups in total. The van der Waals surface area contributed by atoms with E-state index >= 15 is 0 Å². The third kappa shape index (κ3) is 3.35. The lowest BCUT2D eigenvalue weighted by Gasteiger charge is -2.10. The van der Waals surface area contributed by atoms with Crippen LogP contribution in [-0.2, 0) is 4.79 Å². The van der Waals surface area contributed by atoms with Crippen LogP contribution in [0.2, 0.25) is 0 Å². The highest BCUT2D eigenvalue weighted by atomic mass is 79.9. The van der Waals surface area contributed by atoms with Crippen LogP contribution in [0.4, 0.5) is 5.69 Å². The van der Waals surface area contributed by atoms with Crippen LogP contribution in [0.5, 0.6) is 5.75 Å². The molecule has 0 heterocycles. The summed E-state index contributed by atoms with van der Waals surface area (Å²) in [4.78, 5) is 22.0. The van der Waals surface area contributed by atoms with E-state index in [0.717, 1.165) is 0 Å². The molecule has 17 heavy (non-hydrogen) atoms. The molecule has 92 valence electrons. The Morgan fingerprint density at radius 3 is 2.71 bits per heavy atom. The first-order valence-electron chi connectivity index (χ1n) is 4.58. The summed E-state index contributed by atoms with van der Waals surface area (Å²) in [5.41, 5.74) is 6.28. The van der Waals surface area contributed by atoms with E-state index in [1.54, 1.807) is 0 Å². The molecule has 1 rings (SSSR count). The fourth-order valence-electron chi connectivity index (χ4n) is 1.17. The van der Waals surface area contributed by atoms with Crippen LogP contribution in [0, 0.1) is 0 Å². The van der Waals surface area contributed by atoms with Crippen molar-refractivity contribution in [2.24, 2.45) is 0 Å². The lowest BCUT2D eigenvalue weighted by molar-refractivity contribution is -0.135. The molecule has 1 amide bonds. The molecule has 0 aromatic heterocycles. The number of carbonyl (C=O) groups is 2. The lowest BCUT2D eigenvalue weighted by atomic mass is 10.1. The molecule has 6 nitrogen and oxygen atoms in total. The molecule has 0 atom stereocenters. The maximum Gasteiger partial charge on any atom is 0.322 e. The van der Waals surface area contributed by atoms with E-state index in [-0.39, 0.29) is 11.3 Å². The third-order valence-electron chi connectivity index (χ3n) is 1.96. The average Bonchev–Trinajstić information content (AvgIpc) is 2.28. The SMILES string of the molecule is COc1cc(N)c(Br)cc1C(=O)NCC(=O)O. The van der Waals surface area contributed by atoms with Crippen LogP contribution in [0.25, 0.3) is 0 Å². The number of ether oxygens (including phenoxy) is 1. The van der Waals surface area contributed by atoms with Gasteiger partial charge in [-0.25, -0.2) is 0 Å². The number of hydrogen-bond acceptors (Lipinski definition) is 4. The Morgan fingerprint density at radius 1 is 1.53 bits per heavy atom. The van der Waals surface area contributed by atoms with Gasteiger partial charge in [0.15, 0.2) is 0 Å². The number of carbonyl (C=O) groups excluding carboxylic acids is 1. The van der Waals surface area contributed by atoms with Crippen molar-refractivity contribution in [3.8, 4) is 5.75 Å². The van der Waals surface area contributed by atoms with E-state index in [1.165, 1.54) is 19.2 Å². The number of halogens is 1. The fraction of sp³-hybridized carbons (Fsp3) is 0.200. The first kappa shape index (κ1) is 13.3. The molecule has 0 spiro atoms. The molecule has 1 aromatic carbocycles. The van der Waals surface area contributed by atoms with Crippen LogP contribution < -0.4 is 15.8 Å². The van der Waals surface area contributed by atoms with Gasteiger partial charge in [-0.2, -0.15) is 0 Å². The number of carboxylic acids is 1. The van der Waals surface area contributed by atoms with E-state index in [0.29, 0.717) is 10.2 Å². The van der Waals surface area contributed by atoms with E-state index in [2.05, 4.69) is 21.2 Å². The lowest BCUT2D eigenvalue weighted by Crippen LogP contribution is -2.29. The number of amides is 1. The van der Waals surface area contributed by atoms with E-state index in [1.807, 2.05) is 0 Å². The van der Waals surface area contributed by atoms with E-state index < -0.39 is 18.4 Å². The Balaban J connectivity index is 2.99. The van der Waals surface area contributed by atoms with Crippen LogP contribution in [-0.4, -0.2) is 30.6 Å². The first-order chi connectivity index (χ1) is 7.95. The van der Waals surface area contributed by atoms with E-state index in [4.69, 9.17) is 15.6 Å². The summed E-state index contributed by atoms with van der Waals surface area (Å²) in [5.74, 6) is -1.37. The molecule has 0 saturated heterocycles. The van der Waals surface area contributed by atoms with Crippen LogP contribution in [0.3, 0.4) is 0 Å². The zero-order valence-corrected chi connectivity index (χ0v) is 10.6. The number of hydrogen-bond donors (Lipinski definition) is 3. The molecule has 0 unspecified atom stereocenters. The number of anilines is 1. The van der Waals surface area contributed by atoms with Gasteiger partial charge in [-0.15, -0.1) is 0 Å². The van der Waals surface area contributed by atoms with Crippen molar-refractivity contribution < 1.29 is 19.4 Å². The number of nitrogens with one attached hydrogen (secondary N) is 1. The van der Waals surface area contributed by atoms with Crippen molar-refractivity contribution >= 4 is 33.5 Å². The number of benzene rings is 1. The summed E-state index contributed by atoms with van der Waals surface area (Å²) >= 11 is 3.18. The normalized spacial score (nSPS) is 9.76. The molecule has 0 aliphatic heterocycles. The summed E-state index contributed by atoms with van der Waals surface area (Å²) in [7, 11) is 1.40. The van der Waals surface area contributed by atoms with Gasteiger partial charge < -0.3 is 20.9 Å². The summed E-state index contributed by atoms with van der Waals surface area (Å²) in [6.45, 7) is -0.454. The van der Waals surface area contributed by atoms with Gasteiger partial charge >= 0.3 is 5.97 Å². The number of aliphatic carboxylic acids is 1. The second-order valence-corrected chi connectivity index (χ2v) is 4.00. The molecule has 0 bridgehead atoms. The van der Waals surface area contributed by atoms with E-state index in [9.17, 15) is 9.59 Å². The Morgan fingerprint density at radius 2 is 2.18 bits per heavy atom. The van der Waals surface area contributed by atoms with Crippen molar-refractivity contribution in [3.05, 3.63) is 22.2 Å². The van der Waals surface area contributed by atoms with Crippen molar-refractivity contribution in [1.82, 2.24) is 5.32 Å². The molecule has 0 radical (unpaired) electrons. The average molecular weight is 303 g/mol. The van der Waals surface area contributed by atoms with Gasteiger partial charge in [0.1, 0.15) is 12.3 Å². The zero-order valence-electron chi connectivity index (χ0n) is 8.99. The van der Waals surface area contributed by atoms with Gasteiger partial charge in [0.05, 0.1) is 12.7 Å². The van der Waals surface area contributed by atoms with Crippen LogP contribution in [0.1, 0.15) is 10.4 Å². The van der Waals surface area contributed by atoms with Crippen LogP contribution >= 0.6 is 15.9 Å². The largest absolute Gasteiger partial charge is 0.496 e. The third-order valence-corrected chi connectivity index (χ3v) is 2.65. The van der Waals surface area contributed by atoms with Crippen molar-refractivity contribution in [2.45, 2.75) is 0 Å². The topological polar surface area (TPSA) is 102 Å². The summed E-state index contributed by atoms with van der Waals surface area (Å²) < 4.78 is 5.54.